The molecule has 0 aliphatic heterocycles. The maximum atomic E-state index is 11.7. The van der Waals surface area contributed by atoms with E-state index in [1.54, 1.807) is 13.3 Å². The highest BCUT2D eigenvalue weighted by Gasteiger charge is 2.14. The van der Waals surface area contributed by atoms with Gasteiger partial charge in [0.1, 0.15) is 14.6 Å². The number of ether oxygens (including phenoxy) is 1. The zero-order valence-corrected chi connectivity index (χ0v) is 14.6. The molecule has 21 heavy (non-hydrogen) atoms. The summed E-state index contributed by atoms with van der Waals surface area (Å²) >= 11 is 0. The molecule has 4 nitrogen and oxygen atoms in total. The standard InChI is InChI=1S/C15H23BN2O2Si/c1-11(19)13-7-12(16)8-14-15(13)17-9-18(14)10-20-5-6-21(2,3)4/h7-9H,5-6,10,16H2,1-4H3. The Bertz CT molecular complexity index is 661. The van der Waals surface area contributed by atoms with Gasteiger partial charge in [-0.1, -0.05) is 31.2 Å². The lowest BCUT2D eigenvalue weighted by molar-refractivity contribution is 0.0898. The molecule has 0 atom stereocenters. The minimum absolute atomic E-state index is 0.0496. The average Bonchev–Trinajstić information content (AvgIpc) is 2.75. The smallest absolute Gasteiger partial charge is 0.162 e. The second kappa shape index (κ2) is 6.15. The van der Waals surface area contributed by atoms with Gasteiger partial charge in [0.15, 0.2) is 5.78 Å². The number of nitrogens with zero attached hydrogens (tertiary/aromatic N) is 2. The molecule has 1 aromatic carbocycles. The normalized spacial score (nSPS) is 12.0. The van der Waals surface area contributed by atoms with E-state index < -0.39 is 8.07 Å². The third kappa shape index (κ3) is 4.05. The maximum Gasteiger partial charge on any atom is 0.162 e. The molecule has 1 heterocycles. The van der Waals surface area contributed by atoms with E-state index in [0.717, 1.165) is 29.1 Å². The first-order valence-corrected chi connectivity index (χ1v) is 11.0. The number of benzene rings is 1. The monoisotopic (exact) mass is 302 g/mol. The van der Waals surface area contributed by atoms with Crippen LogP contribution in [0, 0.1) is 0 Å². The predicted octanol–water partition coefficient (Wildman–Crippen LogP) is 1.81. The predicted molar refractivity (Wildman–Crippen MR) is 92.0 cm³/mol. The Balaban J connectivity index is 2.16. The van der Waals surface area contributed by atoms with Crippen LogP contribution in [0.2, 0.25) is 25.7 Å². The van der Waals surface area contributed by atoms with Gasteiger partial charge < -0.3 is 9.30 Å². The summed E-state index contributed by atoms with van der Waals surface area (Å²) in [6.45, 7) is 9.86. The fourth-order valence-corrected chi connectivity index (χ4v) is 2.97. The molecule has 0 bridgehead atoms. The van der Waals surface area contributed by atoms with Crippen molar-refractivity contribution < 1.29 is 9.53 Å². The number of rotatable bonds is 6. The summed E-state index contributed by atoms with van der Waals surface area (Å²) in [6.07, 6.45) is 1.76. The molecular formula is C15H23BN2O2Si. The Morgan fingerprint density at radius 2 is 2.10 bits per heavy atom. The minimum Gasteiger partial charge on any atom is -0.361 e. The van der Waals surface area contributed by atoms with Crippen LogP contribution in [0.3, 0.4) is 0 Å². The number of fused-ring (bicyclic) bond motifs is 1. The van der Waals surface area contributed by atoms with E-state index in [4.69, 9.17) is 4.74 Å². The van der Waals surface area contributed by atoms with Crippen molar-refractivity contribution in [3.8, 4) is 0 Å². The van der Waals surface area contributed by atoms with Gasteiger partial charge in [0.25, 0.3) is 0 Å². The summed E-state index contributed by atoms with van der Waals surface area (Å²) in [5.74, 6) is 0.0496. The lowest BCUT2D eigenvalue weighted by Gasteiger charge is -2.15. The van der Waals surface area contributed by atoms with Crippen LogP contribution >= 0.6 is 0 Å². The van der Waals surface area contributed by atoms with Crippen LogP contribution in [0.4, 0.5) is 0 Å². The first-order chi connectivity index (χ1) is 9.78. The molecule has 0 N–H and O–H groups in total. The molecule has 0 fully saturated rings. The van der Waals surface area contributed by atoms with Crippen LogP contribution in [0.5, 0.6) is 0 Å². The highest BCUT2D eigenvalue weighted by atomic mass is 28.3. The average molecular weight is 302 g/mol. The fourth-order valence-electron chi connectivity index (χ4n) is 2.22. The summed E-state index contributed by atoms with van der Waals surface area (Å²) in [6, 6.07) is 5.10. The number of hydrogen-bond donors (Lipinski definition) is 0. The second-order valence-electron chi connectivity index (χ2n) is 6.80. The summed E-state index contributed by atoms with van der Waals surface area (Å²) in [5.41, 5.74) is 3.48. The molecule has 0 saturated heterocycles. The van der Waals surface area contributed by atoms with Crippen LogP contribution in [0.25, 0.3) is 11.0 Å². The highest BCUT2D eigenvalue weighted by Crippen LogP contribution is 2.17. The molecule has 0 aliphatic rings. The van der Waals surface area contributed by atoms with Crippen molar-refractivity contribution in [1.82, 2.24) is 9.55 Å². The topological polar surface area (TPSA) is 44.1 Å². The Labute approximate surface area is 127 Å². The molecule has 112 valence electrons. The van der Waals surface area contributed by atoms with E-state index in [2.05, 4.69) is 30.7 Å². The van der Waals surface area contributed by atoms with Crippen LogP contribution in [-0.2, 0) is 11.5 Å². The van der Waals surface area contributed by atoms with E-state index >= 15 is 0 Å². The first kappa shape index (κ1) is 16.0. The van der Waals surface area contributed by atoms with E-state index in [-0.39, 0.29) is 5.78 Å². The molecule has 2 rings (SSSR count). The third-order valence-electron chi connectivity index (χ3n) is 3.48. The maximum absolute atomic E-state index is 11.7. The molecule has 0 radical (unpaired) electrons. The van der Waals surface area contributed by atoms with Crippen molar-refractivity contribution in [2.45, 2.75) is 39.3 Å². The zero-order chi connectivity index (χ0) is 15.6. The number of carbonyl (C=O) groups excluding carboxylic acids is 1. The van der Waals surface area contributed by atoms with Gasteiger partial charge in [0, 0.05) is 20.2 Å². The van der Waals surface area contributed by atoms with E-state index in [1.807, 2.05) is 18.5 Å². The van der Waals surface area contributed by atoms with Gasteiger partial charge >= 0.3 is 0 Å². The molecular weight excluding hydrogens is 279 g/mol. The second-order valence-corrected chi connectivity index (χ2v) is 12.4. The van der Waals surface area contributed by atoms with Gasteiger partial charge in [-0.2, -0.15) is 0 Å². The lowest BCUT2D eigenvalue weighted by Crippen LogP contribution is -2.22. The zero-order valence-electron chi connectivity index (χ0n) is 13.6. The summed E-state index contributed by atoms with van der Waals surface area (Å²) < 4.78 is 7.75. The van der Waals surface area contributed by atoms with Crippen LogP contribution < -0.4 is 5.46 Å². The highest BCUT2D eigenvalue weighted by molar-refractivity contribution is 6.76. The summed E-state index contributed by atoms with van der Waals surface area (Å²) in [4.78, 5) is 16.1. The Hall–Kier alpha value is -1.40. The number of ketones is 1. The molecule has 0 saturated carbocycles. The Morgan fingerprint density at radius 1 is 1.38 bits per heavy atom. The van der Waals surface area contributed by atoms with Gasteiger partial charge in [0.05, 0.1) is 17.4 Å². The van der Waals surface area contributed by atoms with Gasteiger partial charge in [-0.15, -0.1) is 0 Å². The number of hydrogen-bond acceptors (Lipinski definition) is 3. The van der Waals surface area contributed by atoms with Gasteiger partial charge in [0.2, 0.25) is 0 Å². The van der Waals surface area contributed by atoms with E-state index in [9.17, 15) is 4.79 Å². The first-order valence-electron chi connectivity index (χ1n) is 7.32. The molecule has 0 unspecified atom stereocenters. The van der Waals surface area contributed by atoms with Crippen LogP contribution in [-0.4, -0.2) is 37.9 Å². The van der Waals surface area contributed by atoms with Gasteiger partial charge in [-0.05, 0) is 19.0 Å². The molecule has 2 aromatic rings. The fraction of sp³-hybridized carbons (Fsp3) is 0.467. The SMILES string of the molecule is Bc1cc(C(C)=O)c2ncn(COCC[Si](C)(C)C)c2c1. The number of Topliss-reactive ketones (excluding diaryl/α,β-unsaturated/α-hetero) is 1. The summed E-state index contributed by atoms with van der Waals surface area (Å²) in [5, 5.41) is 0. The van der Waals surface area contributed by atoms with Crippen molar-refractivity contribution in [1.29, 1.82) is 0 Å². The van der Waals surface area contributed by atoms with Crippen molar-refractivity contribution in [2.75, 3.05) is 6.61 Å². The number of aromatic nitrogens is 2. The molecule has 0 spiro atoms. The van der Waals surface area contributed by atoms with Crippen molar-refractivity contribution in [2.24, 2.45) is 0 Å². The van der Waals surface area contributed by atoms with Crippen LogP contribution in [0.1, 0.15) is 17.3 Å². The molecule has 6 heteroatoms. The number of carbonyl (C=O) groups is 1. The third-order valence-corrected chi connectivity index (χ3v) is 5.18. The van der Waals surface area contributed by atoms with Gasteiger partial charge in [-0.3, -0.25) is 4.79 Å². The quantitative estimate of drug-likeness (QED) is 0.464. The Morgan fingerprint density at radius 3 is 2.71 bits per heavy atom. The van der Waals surface area contributed by atoms with Crippen molar-refractivity contribution in [3.63, 3.8) is 0 Å². The molecule has 1 aromatic heterocycles. The van der Waals surface area contributed by atoms with E-state index in [0.29, 0.717) is 12.3 Å². The van der Waals surface area contributed by atoms with E-state index in [1.165, 1.54) is 0 Å². The largest absolute Gasteiger partial charge is 0.361 e. The van der Waals surface area contributed by atoms with Crippen LogP contribution in [0.15, 0.2) is 18.5 Å². The molecule has 0 amide bonds. The minimum atomic E-state index is -1.06. The summed E-state index contributed by atoms with van der Waals surface area (Å²) in [7, 11) is 0.935. The Kier molecular flexibility index (Phi) is 4.68. The molecule has 0 aliphatic carbocycles. The lowest BCUT2D eigenvalue weighted by atomic mass is 9.92. The van der Waals surface area contributed by atoms with Gasteiger partial charge in [-0.25, -0.2) is 4.98 Å². The number of imidazole rings is 1. The van der Waals surface area contributed by atoms with Crippen molar-refractivity contribution in [3.05, 3.63) is 24.0 Å². The van der Waals surface area contributed by atoms with Crippen molar-refractivity contribution >= 4 is 38.2 Å².